The van der Waals surface area contributed by atoms with Crippen LogP contribution in [0.5, 0.6) is 0 Å². The molecule has 6 heavy (non-hydrogen) atoms. The van der Waals surface area contributed by atoms with Gasteiger partial charge in [0, 0.05) is 0 Å². The van der Waals surface area contributed by atoms with Crippen molar-refractivity contribution in [1.29, 1.82) is 0 Å². The van der Waals surface area contributed by atoms with E-state index in [1.54, 1.807) is 12.4 Å². The van der Waals surface area contributed by atoms with Gasteiger partial charge in [0.1, 0.15) is 0 Å². The molecule has 31 valence electrons. The maximum absolute atomic E-state index is 3.61. The van der Waals surface area contributed by atoms with Crippen LogP contribution in [0.25, 0.3) is 0 Å². The quantitative estimate of drug-likeness (QED) is 0.438. The van der Waals surface area contributed by atoms with Crippen LogP contribution in [0.4, 0.5) is 0 Å². The third kappa shape index (κ3) is 0.381. The van der Waals surface area contributed by atoms with E-state index in [2.05, 4.69) is 17.2 Å². The first-order valence-corrected chi connectivity index (χ1v) is 1.57. The minimum absolute atomic E-state index is 1.25. The lowest BCUT2D eigenvalue weighted by molar-refractivity contribution is 0.746. The first-order valence-electron chi connectivity index (χ1n) is 1.57. The van der Waals surface area contributed by atoms with E-state index in [0.717, 1.165) is 0 Å². The smallest absolute Gasteiger partial charge is 0.0821 e. The maximum atomic E-state index is 3.61. The van der Waals surface area contributed by atoms with Crippen molar-refractivity contribution in [3.8, 4) is 0 Å². The molecule has 0 aliphatic rings. The summed E-state index contributed by atoms with van der Waals surface area (Å²) in [6, 6.07) is 0. The van der Waals surface area contributed by atoms with Gasteiger partial charge in [-0.3, -0.25) is 0 Å². The Balaban J connectivity index is 3.05. The van der Waals surface area contributed by atoms with Gasteiger partial charge < -0.3 is 0 Å². The van der Waals surface area contributed by atoms with Gasteiger partial charge in [0.2, 0.25) is 0 Å². The fraction of sp³-hybridized carbons (Fsp3) is 0. The predicted octanol–water partition coefficient (Wildman–Crippen LogP) is -0.0822. The molecule has 0 amide bonds. The van der Waals surface area contributed by atoms with Gasteiger partial charge in [-0.15, -0.1) is 0 Å². The molecule has 0 saturated carbocycles. The topological polar surface area (TPSA) is 30.7 Å². The van der Waals surface area contributed by atoms with Gasteiger partial charge in [-0.25, -0.2) is 0 Å². The Morgan fingerprint density at radius 3 is 2.00 bits per heavy atom. The largest absolute Gasteiger partial charge is 0.183 e. The van der Waals surface area contributed by atoms with Crippen LogP contribution in [0.3, 0.4) is 0 Å². The molecule has 0 unspecified atom stereocenters. The lowest BCUT2D eigenvalue weighted by Gasteiger charge is -1.74. The van der Waals surface area contributed by atoms with Gasteiger partial charge in [-0.1, -0.05) is 0 Å². The van der Waals surface area contributed by atoms with E-state index in [-0.39, 0.29) is 0 Å². The first-order chi connectivity index (χ1) is 2.89. The summed E-state index contributed by atoms with van der Waals surface area (Å²) in [5.41, 5.74) is 0. The van der Waals surface area contributed by atoms with Crippen LogP contribution in [0, 0.1) is 7.05 Å². The minimum Gasteiger partial charge on any atom is -0.183 e. The molecule has 0 atom stereocenters. The SMILES string of the molecule is [CH2]n1nccn1. The van der Waals surface area contributed by atoms with Crippen molar-refractivity contribution in [2.24, 2.45) is 0 Å². The van der Waals surface area contributed by atoms with Gasteiger partial charge in [-0.05, 0) is 0 Å². The van der Waals surface area contributed by atoms with Crippen LogP contribution in [-0.2, 0) is 0 Å². The number of nitrogens with zero attached hydrogens (tertiary/aromatic N) is 3. The molecule has 1 aromatic heterocycles. The van der Waals surface area contributed by atoms with E-state index in [1.807, 2.05) is 0 Å². The molecule has 1 heterocycles. The van der Waals surface area contributed by atoms with Crippen molar-refractivity contribution < 1.29 is 0 Å². The molecule has 1 aromatic rings. The van der Waals surface area contributed by atoms with Crippen molar-refractivity contribution in [3.63, 3.8) is 0 Å². The van der Waals surface area contributed by atoms with Gasteiger partial charge in [-0.2, -0.15) is 15.0 Å². The molecular weight excluding hydrogens is 78.1 g/mol. The summed E-state index contributed by atoms with van der Waals surface area (Å²) in [7, 11) is 3.38. The molecule has 0 saturated heterocycles. The summed E-state index contributed by atoms with van der Waals surface area (Å²) >= 11 is 0. The summed E-state index contributed by atoms with van der Waals surface area (Å²) in [6.45, 7) is 0. The van der Waals surface area contributed by atoms with Crippen molar-refractivity contribution in [1.82, 2.24) is 15.0 Å². The summed E-state index contributed by atoms with van der Waals surface area (Å²) in [5, 5.41) is 7.22. The Hall–Kier alpha value is -0.860. The van der Waals surface area contributed by atoms with Gasteiger partial charge in [0.15, 0.2) is 0 Å². The fourth-order valence-corrected chi connectivity index (χ4v) is 0.243. The third-order valence-corrected chi connectivity index (χ3v) is 0.467. The van der Waals surface area contributed by atoms with Gasteiger partial charge >= 0.3 is 0 Å². The van der Waals surface area contributed by atoms with Gasteiger partial charge in [0.05, 0.1) is 19.4 Å². The summed E-state index contributed by atoms with van der Waals surface area (Å²) in [5.74, 6) is 0. The monoisotopic (exact) mass is 82.0 g/mol. The molecule has 0 fully saturated rings. The summed E-state index contributed by atoms with van der Waals surface area (Å²) in [4.78, 5) is 1.25. The summed E-state index contributed by atoms with van der Waals surface area (Å²) < 4.78 is 0. The Labute approximate surface area is 35.6 Å². The van der Waals surface area contributed by atoms with E-state index < -0.39 is 0 Å². The Bertz CT molecular complexity index is 110. The third-order valence-electron chi connectivity index (χ3n) is 0.467. The van der Waals surface area contributed by atoms with Crippen LogP contribution < -0.4 is 0 Å². The highest BCUT2D eigenvalue weighted by Crippen LogP contribution is 1.66. The zero-order valence-electron chi connectivity index (χ0n) is 3.20. The molecule has 0 aliphatic carbocycles. The molecular formula is C3H4N3. The van der Waals surface area contributed by atoms with E-state index in [1.165, 1.54) is 4.80 Å². The molecule has 1 radical (unpaired) electrons. The molecule has 0 spiro atoms. The zero-order valence-corrected chi connectivity index (χ0v) is 3.20. The molecule has 3 heteroatoms. The Morgan fingerprint density at radius 2 is 1.83 bits per heavy atom. The minimum atomic E-state index is 1.25. The zero-order chi connectivity index (χ0) is 4.41. The lowest BCUT2D eigenvalue weighted by atomic mass is 11.0. The first kappa shape index (κ1) is 3.33. The van der Waals surface area contributed by atoms with E-state index in [4.69, 9.17) is 0 Å². The van der Waals surface area contributed by atoms with Crippen molar-refractivity contribution in [2.45, 2.75) is 0 Å². The van der Waals surface area contributed by atoms with Crippen molar-refractivity contribution in [3.05, 3.63) is 19.4 Å². The van der Waals surface area contributed by atoms with E-state index in [9.17, 15) is 0 Å². The predicted molar refractivity (Wildman–Crippen MR) is 20.8 cm³/mol. The molecule has 1 rings (SSSR count). The van der Waals surface area contributed by atoms with Crippen LogP contribution >= 0.6 is 0 Å². The van der Waals surface area contributed by atoms with Crippen LogP contribution in [0.1, 0.15) is 0 Å². The van der Waals surface area contributed by atoms with E-state index >= 15 is 0 Å². The highest BCUT2D eigenvalue weighted by atomic mass is 15.4. The Morgan fingerprint density at radius 1 is 1.33 bits per heavy atom. The number of hydrogen-bond acceptors (Lipinski definition) is 2. The average molecular weight is 82.1 g/mol. The molecule has 0 bridgehead atoms. The molecule has 0 aliphatic heterocycles. The van der Waals surface area contributed by atoms with E-state index in [0.29, 0.717) is 0 Å². The number of hydrogen-bond donors (Lipinski definition) is 0. The van der Waals surface area contributed by atoms with Crippen molar-refractivity contribution >= 4 is 0 Å². The van der Waals surface area contributed by atoms with Crippen LogP contribution in [0.15, 0.2) is 12.4 Å². The second kappa shape index (κ2) is 1.08. The second-order valence-electron chi connectivity index (χ2n) is 0.901. The standard InChI is InChI=1S/C3H4N3/c1-6-4-2-3-5-6/h2-3H,1H2. The fourth-order valence-electron chi connectivity index (χ4n) is 0.243. The summed E-state index contributed by atoms with van der Waals surface area (Å²) in [6.07, 6.45) is 3.15. The average Bonchev–Trinajstić information content (AvgIpc) is 1.86. The van der Waals surface area contributed by atoms with Crippen LogP contribution in [0.2, 0.25) is 0 Å². The van der Waals surface area contributed by atoms with Gasteiger partial charge in [0.25, 0.3) is 0 Å². The second-order valence-corrected chi connectivity index (χ2v) is 0.901. The van der Waals surface area contributed by atoms with Crippen LogP contribution in [-0.4, -0.2) is 15.0 Å². The lowest BCUT2D eigenvalue weighted by Crippen LogP contribution is -1.86. The maximum Gasteiger partial charge on any atom is 0.0821 e. The highest BCUT2D eigenvalue weighted by molar-refractivity contribution is 4.59. The normalized spacial score (nSPS) is 8.83. The molecule has 0 aromatic carbocycles. The van der Waals surface area contributed by atoms with Crippen molar-refractivity contribution in [2.75, 3.05) is 0 Å². The number of rotatable bonds is 0. The molecule has 3 nitrogen and oxygen atoms in total. The molecule has 0 N–H and O–H groups in total. The Kier molecular flexibility index (Phi) is 0.602. The number of aromatic nitrogens is 3. The highest BCUT2D eigenvalue weighted by Gasteiger charge is 1.71.